The van der Waals surface area contributed by atoms with Crippen molar-refractivity contribution in [2.45, 2.75) is 44.3 Å². The molecule has 1 fully saturated rings. The first-order valence-electron chi connectivity index (χ1n) is 8.63. The summed E-state index contributed by atoms with van der Waals surface area (Å²) in [5.41, 5.74) is -0.162. The summed E-state index contributed by atoms with van der Waals surface area (Å²) >= 11 is 0. The lowest BCUT2D eigenvalue weighted by Gasteiger charge is -2.42. The molecule has 0 aliphatic heterocycles. The molecule has 3 rings (SSSR count). The maximum atomic E-state index is 7.01. The fourth-order valence-electron chi connectivity index (χ4n) is 3.70. The van der Waals surface area contributed by atoms with Gasteiger partial charge in [-0.05, 0) is 29.8 Å². The second kappa shape index (κ2) is 6.86. The van der Waals surface area contributed by atoms with Crippen molar-refractivity contribution in [1.82, 2.24) is 0 Å². The summed E-state index contributed by atoms with van der Waals surface area (Å²) in [6.45, 7) is 6.46. The minimum atomic E-state index is -2.25. The zero-order chi connectivity index (χ0) is 16.2. The summed E-state index contributed by atoms with van der Waals surface area (Å²) in [4.78, 5) is 0. The predicted molar refractivity (Wildman–Crippen MR) is 101 cm³/mol. The molecule has 0 radical (unpaired) electrons. The van der Waals surface area contributed by atoms with E-state index in [2.05, 4.69) is 79.9 Å². The SMILES string of the molecule is C=CC1(O[Si](C)(c2ccccc2)c2ccccc2)CCCCC1. The summed E-state index contributed by atoms with van der Waals surface area (Å²) in [6, 6.07) is 21.5. The molecule has 0 atom stereocenters. The Hall–Kier alpha value is -1.64. The van der Waals surface area contributed by atoms with Crippen LogP contribution in [0, 0.1) is 0 Å². The quantitative estimate of drug-likeness (QED) is 0.590. The first-order chi connectivity index (χ1) is 11.2. The molecule has 0 saturated heterocycles. The highest BCUT2D eigenvalue weighted by atomic mass is 28.4. The van der Waals surface area contributed by atoms with Gasteiger partial charge >= 0.3 is 0 Å². The average molecular weight is 323 g/mol. The van der Waals surface area contributed by atoms with E-state index >= 15 is 0 Å². The third kappa shape index (κ3) is 3.33. The summed E-state index contributed by atoms with van der Waals surface area (Å²) < 4.78 is 7.01. The van der Waals surface area contributed by atoms with Crippen molar-refractivity contribution >= 4 is 18.7 Å². The van der Waals surface area contributed by atoms with Gasteiger partial charge in [0.2, 0.25) is 0 Å². The van der Waals surface area contributed by atoms with Crippen LogP contribution < -0.4 is 10.4 Å². The Balaban J connectivity index is 2.04. The van der Waals surface area contributed by atoms with Crippen LogP contribution in [-0.4, -0.2) is 13.9 Å². The molecule has 0 amide bonds. The van der Waals surface area contributed by atoms with Crippen LogP contribution in [0.4, 0.5) is 0 Å². The average Bonchev–Trinajstić information content (AvgIpc) is 2.64. The van der Waals surface area contributed by atoms with E-state index < -0.39 is 8.32 Å². The minimum absolute atomic E-state index is 0.162. The van der Waals surface area contributed by atoms with Gasteiger partial charge in [0.15, 0.2) is 0 Å². The molecule has 1 saturated carbocycles. The summed E-state index contributed by atoms with van der Waals surface area (Å²) in [5, 5.41) is 2.66. The van der Waals surface area contributed by atoms with Crippen LogP contribution in [0.5, 0.6) is 0 Å². The van der Waals surface area contributed by atoms with Crippen molar-refractivity contribution in [1.29, 1.82) is 0 Å². The van der Waals surface area contributed by atoms with Crippen LogP contribution in [0.15, 0.2) is 73.3 Å². The van der Waals surface area contributed by atoms with Crippen LogP contribution in [-0.2, 0) is 4.43 Å². The van der Waals surface area contributed by atoms with Crippen LogP contribution >= 0.6 is 0 Å². The maximum absolute atomic E-state index is 7.01. The van der Waals surface area contributed by atoms with E-state index in [0.717, 1.165) is 12.8 Å². The largest absolute Gasteiger partial charge is 0.399 e. The topological polar surface area (TPSA) is 9.23 Å². The highest BCUT2D eigenvalue weighted by Gasteiger charge is 2.42. The molecule has 1 nitrogen and oxygen atoms in total. The zero-order valence-electron chi connectivity index (χ0n) is 14.0. The second-order valence-corrected chi connectivity index (χ2v) is 10.1. The third-order valence-electron chi connectivity index (χ3n) is 5.13. The van der Waals surface area contributed by atoms with E-state index in [9.17, 15) is 0 Å². The molecule has 2 aromatic rings. The fraction of sp³-hybridized carbons (Fsp3) is 0.333. The number of hydrogen-bond acceptors (Lipinski definition) is 1. The molecule has 2 aromatic carbocycles. The second-order valence-electron chi connectivity index (χ2n) is 6.70. The Morgan fingerprint density at radius 2 is 1.35 bits per heavy atom. The fourth-order valence-corrected chi connectivity index (χ4v) is 7.03. The zero-order valence-corrected chi connectivity index (χ0v) is 15.0. The van der Waals surface area contributed by atoms with Gasteiger partial charge in [-0.3, -0.25) is 0 Å². The summed E-state index contributed by atoms with van der Waals surface area (Å²) in [5.74, 6) is 0. The van der Waals surface area contributed by atoms with Crippen LogP contribution in [0.25, 0.3) is 0 Å². The van der Waals surface area contributed by atoms with Crippen molar-refractivity contribution in [3.05, 3.63) is 73.3 Å². The maximum Gasteiger partial charge on any atom is 0.253 e. The lowest BCUT2D eigenvalue weighted by atomic mass is 9.85. The van der Waals surface area contributed by atoms with Gasteiger partial charge in [0.05, 0.1) is 5.60 Å². The summed E-state index contributed by atoms with van der Waals surface area (Å²) in [7, 11) is -2.25. The number of hydrogen-bond donors (Lipinski definition) is 0. The van der Waals surface area contributed by atoms with E-state index in [0.29, 0.717) is 0 Å². The molecule has 120 valence electrons. The Morgan fingerprint density at radius 3 is 1.78 bits per heavy atom. The molecular weight excluding hydrogens is 296 g/mol. The van der Waals surface area contributed by atoms with Crippen LogP contribution in [0.1, 0.15) is 32.1 Å². The molecule has 0 N–H and O–H groups in total. The molecular formula is C21H26OSi. The predicted octanol–water partition coefficient (Wildman–Crippen LogP) is 4.28. The number of rotatable bonds is 5. The first kappa shape index (κ1) is 16.2. The Bertz CT molecular complexity index is 590. The van der Waals surface area contributed by atoms with E-state index in [-0.39, 0.29) is 5.60 Å². The third-order valence-corrected chi connectivity index (χ3v) is 8.81. The van der Waals surface area contributed by atoms with E-state index in [1.165, 1.54) is 29.6 Å². The Labute approximate surface area is 141 Å². The van der Waals surface area contributed by atoms with Crippen LogP contribution in [0.2, 0.25) is 6.55 Å². The van der Waals surface area contributed by atoms with E-state index in [4.69, 9.17) is 4.43 Å². The lowest BCUT2D eigenvalue weighted by Crippen LogP contribution is -2.62. The van der Waals surface area contributed by atoms with Crippen molar-refractivity contribution in [3.63, 3.8) is 0 Å². The van der Waals surface area contributed by atoms with Gasteiger partial charge in [-0.15, -0.1) is 6.58 Å². The van der Waals surface area contributed by atoms with Gasteiger partial charge in [0.1, 0.15) is 0 Å². The molecule has 0 bridgehead atoms. The van der Waals surface area contributed by atoms with Crippen molar-refractivity contribution in [2.24, 2.45) is 0 Å². The molecule has 23 heavy (non-hydrogen) atoms. The highest BCUT2D eigenvalue weighted by molar-refractivity contribution is 6.96. The van der Waals surface area contributed by atoms with Gasteiger partial charge in [0.25, 0.3) is 8.32 Å². The molecule has 2 heteroatoms. The van der Waals surface area contributed by atoms with Crippen LogP contribution in [0.3, 0.4) is 0 Å². The van der Waals surface area contributed by atoms with Gasteiger partial charge in [-0.2, -0.15) is 0 Å². The summed E-state index contributed by atoms with van der Waals surface area (Å²) in [6.07, 6.45) is 8.05. The molecule has 1 aliphatic rings. The van der Waals surface area contributed by atoms with Crippen molar-refractivity contribution < 1.29 is 4.43 Å². The van der Waals surface area contributed by atoms with Crippen molar-refractivity contribution in [3.8, 4) is 0 Å². The monoisotopic (exact) mass is 322 g/mol. The van der Waals surface area contributed by atoms with Crippen molar-refractivity contribution in [2.75, 3.05) is 0 Å². The van der Waals surface area contributed by atoms with Gasteiger partial charge in [0, 0.05) is 0 Å². The normalized spacial score (nSPS) is 17.6. The highest BCUT2D eigenvalue weighted by Crippen LogP contribution is 2.35. The molecule has 1 aliphatic carbocycles. The smallest absolute Gasteiger partial charge is 0.253 e. The molecule has 0 unspecified atom stereocenters. The Kier molecular flexibility index (Phi) is 4.84. The molecule has 0 heterocycles. The number of benzene rings is 2. The van der Waals surface area contributed by atoms with E-state index in [1.54, 1.807) is 0 Å². The standard InChI is InChI=1S/C21H26OSi/c1-3-21(17-11-6-12-18-21)22-23(2,19-13-7-4-8-14-19)20-15-9-5-10-16-20/h3-5,7-10,13-16H,1,6,11-12,17-18H2,2H3. The Morgan fingerprint density at radius 1 is 0.870 bits per heavy atom. The minimum Gasteiger partial charge on any atom is -0.399 e. The van der Waals surface area contributed by atoms with E-state index in [1.807, 2.05) is 0 Å². The van der Waals surface area contributed by atoms with Gasteiger partial charge in [-0.25, -0.2) is 0 Å². The molecule has 0 aromatic heterocycles. The van der Waals surface area contributed by atoms with Gasteiger partial charge < -0.3 is 4.43 Å². The van der Waals surface area contributed by atoms with Gasteiger partial charge in [-0.1, -0.05) is 86.0 Å². The first-order valence-corrected chi connectivity index (χ1v) is 11.0. The lowest BCUT2D eigenvalue weighted by molar-refractivity contribution is 0.0741. The molecule has 0 spiro atoms.